The highest BCUT2D eigenvalue weighted by molar-refractivity contribution is 6.74. The van der Waals surface area contributed by atoms with E-state index in [0.29, 0.717) is 0 Å². The molecular weight excluding hydrogens is 202 g/mol. The Balaban J connectivity index is 2.82. The molecule has 0 fully saturated rings. The second-order valence-corrected chi connectivity index (χ2v) is 10.2. The summed E-state index contributed by atoms with van der Waals surface area (Å²) < 4.78 is 6.13. The minimum Gasteiger partial charge on any atom is -0.543 e. The average molecular weight is 224 g/mol. The molecular formula is C12H22NOSi+. The van der Waals surface area contributed by atoms with Crippen molar-refractivity contribution in [2.75, 3.05) is 0 Å². The minimum absolute atomic E-state index is 0.246. The molecule has 0 saturated heterocycles. The maximum atomic E-state index is 6.13. The van der Waals surface area contributed by atoms with Gasteiger partial charge in [-0.25, -0.2) is 0 Å². The van der Waals surface area contributed by atoms with E-state index < -0.39 is 8.32 Å². The predicted molar refractivity (Wildman–Crippen MR) is 66.8 cm³/mol. The molecule has 15 heavy (non-hydrogen) atoms. The molecule has 2 nitrogen and oxygen atoms in total. The lowest BCUT2D eigenvalue weighted by Crippen LogP contribution is -2.44. The van der Waals surface area contributed by atoms with E-state index in [1.807, 2.05) is 24.3 Å². The third-order valence-corrected chi connectivity index (χ3v) is 7.46. The Hall–Kier alpha value is -0.803. The molecule has 0 aliphatic carbocycles. The summed E-state index contributed by atoms with van der Waals surface area (Å²) in [5.74, 6) is 0.967. The van der Waals surface area contributed by atoms with Crippen molar-refractivity contribution in [2.45, 2.75) is 38.9 Å². The quantitative estimate of drug-likeness (QED) is 0.770. The van der Waals surface area contributed by atoms with E-state index in [0.717, 1.165) is 11.4 Å². The highest BCUT2D eigenvalue weighted by atomic mass is 28.4. The second kappa shape index (κ2) is 3.98. The van der Waals surface area contributed by atoms with Crippen molar-refractivity contribution in [2.24, 2.45) is 0 Å². The SMILES string of the molecule is CC(C)(C)[Si](C)(C)Oc1ccc([NH3+])cc1. The molecule has 0 saturated carbocycles. The second-order valence-electron chi connectivity index (χ2n) is 5.51. The summed E-state index contributed by atoms with van der Waals surface area (Å²) in [6.45, 7) is 11.2. The van der Waals surface area contributed by atoms with Gasteiger partial charge in [0.05, 0.1) is 0 Å². The van der Waals surface area contributed by atoms with Gasteiger partial charge in [-0.05, 0) is 30.3 Å². The molecule has 3 N–H and O–H groups in total. The molecule has 0 aromatic heterocycles. The van der Waals surface area contributed by atoms with Crippen LogP contribution in [0.25, 0.3) is 0 Å². The molecule has 0 unspecified atom stereocenters. The maximum Gasteiger partial charge on any atom is 0.250 e. The molecule has 1 rings (SSSR count). The van der Waals surface area contributed by atoms with Gasteiger partial charge >= 0.3 is 0 Å². The predicted octanol–water partition coefficient (Wildman–Crippen LogP) is 2.94. The highest BCUT2D eigenvalue weighted by Crippen LogP contribution is 2.37. The fourth-order valence-corrected chi connectivity index (χ4v) is 2.04. The number of quaternary nitrogens is 1. The van der Waals surface area contributed by atoms with Crippen LogP contribution in [0, 0.1) is 0 Å². The van der Waals surface area contributed by atoms with Crippen LogP contribution in [0.4, 0.5) is 5.69 Å². The third kappa shape index (κ3) is 3.07. The lowest BCUT2D eigenvalue weighted by atomic mass is 10.2. The van der Waals surface area contributed by atoms with Gasteiger partial charge in [0.2, 0.25) is 8.32 Å². The van der Waals surface area contributed by atoms with Gasteiger partial charge in [0.25, 0.3) is 0 Å². The first-order chi connectivity index (χ1) is 6.72. The molecule has 0 bridgehead atoms. The normalized spacial score (nSPS) is 12.7. The van der Waals surface area contributed by atoms with E-state index in [1.165, 1.54) is 0 Å². The highest BCUT2D eigenvalue weighted by Gasteiger charge is 2.38. The number of hydrogen-bond acceptors (Lipinski definition) is 1. The van der Waals surface area contributed by atoms with Crippen LogP contribution in [0.1, 0.15) is 20.8 Å². The van der Waals surface area contributed by atoms with Crippen molar-refractivity contribution in [3.63, 3.8) is 0 Å². The van der Waals surface area contributed by atoms with Crippen LogP contribution in [0.5, 0.6) is 5.75 Å². The summed E-state index contributed by atoms with van der Waals surface area (Å²) in [6, 6.07) is 7.98. The molecule has 0 aliphatic rings. The first kappa shape index (κ1) is 12.3. The monoisotopic (exact) mass is 224 g/mol. The zero-order valence-electron chi connectivity index (χ0n) is 10.4. The Morgan fingerprint density at radius 2 is 1.53 bits per heavy atom. The first-order valence-corrected chi connectivity index (χ1v) is 8.24. The Labute approximate surface area is 93.6 Å². The van der Waals surface area contributed by atoms with Crippen LogP contribution in [0.2, 0.25) is 18.1 Å². The van der Waals surface area contributed by atoms with Crippen LogP contribution in [-0.4, -0.2) is 8.32 Å². The molecule has 1 aromatic carbocycles. The number of hydrogen-bond donors (Lipinski definition) is 1. The Morgan fingerprint density at radius 1 is 1.07 bits per heavy atom. The smallest absolute Gasteiger partial charge is 0.250 e. The molecule has 84 valence electrons. The standard InChI is InChI=1S/C12H21NOSi/c1-12(2,3)15(4,5)14-11-8-6-10(13)7-9-11/h6-9H,13H2,1-5H3/p+1. The van der Waals surface area contributed by atoms with Gasteiger partial charge in [-0.2, -0.15) is 0 Å². The van der Waals surface area contributed by atoms with Gasteiger partial charge in [-0.1, -0.05) is 20.8 Å². The van der Waals surface area contributed by atoms with E-state index in [9.17, 15) is 0 Å². The van der Waals surface area contributed by atoms with E-state index in [1.54, 1.807) is 0 Å². The van der Waals surface area contributed by atoms with Crippen molar-refractivity contribution in [3.8, 4) is 5.75 Å². The number of rotatable bonds is 2. The Morgan fingerprint density at radius 3 is 1.93 bits per heavy atom. The number of benzene rings is 1. The third-order valence-electron chi connectivity index (χ3n) is 3.10. The molecule has 1 aromatic rings. The average Bonchev–Trinajstić information content (AvgIpc) is 2.06. The first-order valence-electron chi connectivity index (χ1n) is 5.33. The van der Waals surface area contributed by atoms with E-state index in [4.69, 9.17) is 4.43 Å². The van der Waals surface area contributed by atoms with Crippen molar-refractivity contribution in [1.29, 1.82) is 0 Å². The van der Waals surface area contributed by atoms with E-state index in [2.05, 4.69) is 39.6 Å². The van der Waals surface area contributed by atoms with Crippen LogP contribution in [0.3, 0.4) is 0 Å². The van der Waals surface area contributed by atoms with E-state index >= 15 is 0 Å². The van der Waals surface area contributed by atoms with Crippen molar-refractivity contribution < 1.29 is 10.2 Å². The van der Waals surface area contributed by atoms with E-state index in [-0.39, 0.29) is 5.04 Å². The van der Waals surface area contributed by atoms with Crippen molar-refractivity contribution in [1.82, 2.24) is 0 Å². The fourth-order valence-electron chi connectivity index (χ4n) is 1.01. The topological polar surface area (TPSA) is 36.9 Å². The van der Waals surface area contributed by atoms with Gasteiger partial charge in [0.15, 0.2) is 0 Å². The van der Waals surface area contributed by atoms with Crippen LogP contribution >= 0.6 is 0 Å². The molecule has 0 radical (unpaired) electrons. The Bertz CT molecular complexity index is 324. The molecule has 0 atom stereocenters. The molecule has 0 amide bonds. The Kier molecular flexibility index (Phi) is 3.26. The molecule has 3 heteroatoms. The zero-order valence-corrected chi connectivity index (χ0v) is 11.4. The van der Waals surface area contributed by atoms with Crippen LogP contribution in [-0.2, 0) is 0 Å². The zero-order chi connectivity index (χ0) is 11.7. The summed E-state index contributed by atoms with van der Waals surface area (Å²) in [6.07, 6.45) is 0. The summed E-state index contributed by atoms with van der Waals surface area (Å²) in [7, 11) is -1.68. The maximum absolute atomic E-state index is 6.13. The summed E-state index contributed by atoms with van der Waals surface area (Å²) in [5, 5.41) is 0.246. The molecule has 0 aliphatic heterocycles. The van der Waals surface area contributed by atoms with Gasteiger partial charge in [0, 0.05) is 12.1 Å². The van der Waals surface area contributed by atoms with Crippen molar-refractivity contribution >= 4 is 14.0 Å². The lowest BCUT2D eigenvalue weighted by molar-refractivity contribution is -0.254. The fraction of sp³-hybridized carbons (Fsp3) is 0.500. The van der Waals surface area contributed by atoms with Gasteiger partial charge < -0.3 is 10.2 Å². The van der Waals surface area contributed by atoms with Gasteiger partial charge in [-0.15, -0.1) is 0 Å². The largest absolute Gasteiger partial charge is 0.543 e. The molecule has 0 spiro atoms. The van der Waals surface area contributed by atoms with Crippen LogP contribution in [0.15, 0.2) is 24.3 Å². The lowest BCUT2D eigenvalue weighted by Gasteiger charge is -2.36. The van der Waals surface area contributed by atoms with Crippen molar-refractivity contribution in [3.05, 3.63) is 24.3 Å². The molecule has 0 heterocycles. The van der Waals surface area contributed by atoms with Gasteiger partial charge in [0.1, 0.15) is 11.4 Å². The minimum atomic E-state index is -1.68. The van der Waals surface area contributed by atoms with Gasteiger partial charge in [-0.3, -0.25) is 0 Å². The summed E-state index contributed by atoms with van der Waals surface area (Å²) in [5.41, 5.74) is 4.89. The summed E-state index contributed by atoms with van der Waals surface area (Å²) >= 11 is 0. The van der Waals surface area contributed by atoms with Crippen LogP contribution < -0.4 is 10.2 Å². The summed E-state index contributed by atoms with van der Waals surface area (Å²) in [4.78, 5) is 0.